The summed E-state index contributed by atoms with van der Waals surface area (Å²) in [5.74, 6) is 0.891. The van der Waals surface area contributed by atoms with Crippen LogP contribution in [0.3, 0.4) is 0 Å². The molecular formula is C18H24N4O2S2. The molecule has 1 unspecified atom stereocenters. The normalized spacial score (nSPS) is 15.3. The summed E-state index contributed by atoms with van der Waals surface area (Å²) in [4.78, 5) is 12.3. The van der Waals surface area contributed by atoms with Gasteiger partial charge in [-0.1, -0.05) is 34.7 Å². The second-order valence-electron chi connectivity index (χ2n) is 6.22. The van der Waals surface area contributed by atoms with Gasteiger partial charge in [0, 0.05) is 6.54 Å². The molecule has 6 nitrogen and oxygen atoms in total. The molecule has 0 aromatic carbocycles. The highest BCUT2D eigenvalue weighted by molar-refractivity contribution is 8.02. The first kappa shape index (κ1) is 19.0. The maximum Gasteiger partial charge on any atom is 0.233 e. The topological polar surface area (TPSA) is 80.1 Å². The summed E-state index contributed by atoms with van der Waals surface area (Å²) in [5, 5.41) is 15.0. The zero-order valence-corrected chi connectivity index (χ0v) is 16.5. The van der Waals surface area contributed by atoms with Crippen molar-refractivity contribution in [1.82, 2.24) is 15.5 Å². The van der Waals surface area contributed by atoms with E-state index in [4.69, 9.17) is 4.42 Å². The van der Waals surface area contributed by atoms with E-state index in [-0.39, 0.29) is 11.2 Å². The molecule has 0 saturated heterocycles. The molecular weight excluding hydrogens is 368 g/mol. The minimum atomic E-state index is -0.193. The number of thioether (sulfide) groups is 1. The smallest absolute Gasteiger partial charge is 0.233 e. The molecule has 1 atom stereocenters. The van der Waals surface area contributed by atoms with Gasteiger partial charge in [-0.05, 0) is 51.2 Å². The van der Waals surface area contributed by atoms with E-state index < -0.39 is 0 Å². The van der Waals surface area contributed by atoms with Gasteiger partial charge < -0.3 is 15.1 Å². The first-order valence-electron chi connectivity index (χ1n) is 8.93. The highest BCUT2D eigenvalue weighted by Gasteiger charge is 2.17. The van der Waals surface area contributed by atoms with Crippen LogP contribution in [0.1, 0.15) is 44.8 Å². The van der Waals surface area contributed by atoms with E-state index in [2.05, 4.69) is 26.9 Å². The van der Waals surface area contributed by atoms with Crippen LogP contribution in [0.2, 0.25) is 0 Å². The van der Waals surface area contributed by atoms with Gasteiger partial charge in [0.1, 0.15) is 5.76 Å². The van der Waals surface area contributed by atoms with Crippen molar-refractivity contribution in [3.05, 3.63) is 35.8 Å². The maximum absolute atomic E-state index is 12.3. The molecule has 2 N–H and O–H groups in total. The lowest BCUT2D eigenvalue weighted by molar-refractivity contribution is -0.120. The number of furan rings is 1. The van der Waals surface area contributed by atoms with Gasteiger partial charge in [-0.15, -0.1) is 10.2 Å². The van der Waals surface area contributed by atoms with Crippen molar-refractivity contribution in [3.63, 3.8) is 0 Å². The van der Waals surface area contributed by atoms with Gasteiger partial charge in [-0.3, -0.25) is 4.79 Å². The summed E-state index contributed by atoms with van der Waals surface area (Å²) in [6, 6.07) is 3.75. The van der Waals surface area contributed by atoms with Gasteiger partial charge in [-0.2, -0.15) is 0 Å². The number of allylic oxidation sites excluding steroid dienone is 1. The molecule has 140 valence electrons. The quantitative estimate of drug-likeness (QED) is 0.491. The summed E-state index contributed by atoms with van der Waals surface area (Å²) in [5.41, 5.74) is 1.48. The van der Waals surface area contributed by atoms with Crippen LogP contribution in [-0.4, -0.2) is 27.9 Å². The van der Waals surface area contributed by atoms with Crippen molar-refractivity contribution in [3.8, 4) is 0 Å². The molecule has 0 spiro atoms. The van der Waals surface area contributed by atoms with Crippen LogP contribution in [0.4, 0.5) is 5.13 Å². The van der Waals surface area contributed by atoms with Crippen LogP contribution in [0, 0.1) is 0 Å². The van der Waals surface area contributed by atoms with Crippen LogP contribution in [0.15, 0.2) is 38.8 Å². The standard InChI is InChI=1S/C18H24N4O2S2/c1-13(16(23)19-10-9-14-6-3-2-4-7-14)25-18-22-21-17(26-18)20-12-15-8-5-11-24-15/h5-6,8,11,13H,2-4,7,9-10,12H2,1H3,(H,19,23)(H,20,21). The van der Waals surface area contributed by atoms with E-state index in [1.807, 2.05) is 19.1 Å². The van der Waals surface area contributed by atoms with Crippen molar-refractivity contribution >= 4 is 34.1 Å². The van der Waals surface area contributed by atoms with Crippen molar-refractivity contribution in [2.24, 2.45) is 0 Å². The number of nitrogens with one attached hydrogen (secondary N) is 2. The average Bonchev–Trinajstić information content (AvgIpc) is 3.32. The molecule has 26 heavy (non-hydrogen) atoms. The van der Waals surface area contributed by atoms with Gasteiger partial charge >= 0.3 is 0 Å². The molecule has 0 radical (unpaired) electrons. The van der Waals surface area contributed by atoms with Gasteiger partial charge in [0.25, 0.3) is 0 Å². The second kappa shape index (κ2) is 9.78. The minimum absolute atomic E-state index is 0.0479. The molecule has 2 heterocycles. The van der Waals surface area contributed by atoms with E-state index in [0.717, 1.165) is 21.7 Å². The predicted molar refractivity (Wildman–Crippen MR) is 105 cm³/mol. The number of nitrogens with zero attached hydrogens (tertiary/aromatic N) is 2. The highest BCUT2D eigenvalue weighted by Crippen LogP contribution is 2.29. The summed E-state index contributed by atoms with van der Waals surface area (Å²) >= 11 is 2.88. The molecule has 0 aliphatic heterocycles. The molecule has 0 saturated carbocycles. The van der Waals surface area contributed by atoms with E-state index in [0.29, 0.717) is 13.1 Å². The van der Waals surface area contributed by atoms with E-state index in [1.54, 1.807) is 6.26 Å². The fourth-order valence-corrected chi connectivity index (χ4v) is 4.65. The Kier molecular flexibility index (Phi) is 7.13. The number of rotatable bonds is 9. The number of amides is 1. The zero-order valence-electron chi connectivity index (χ0n) is 14.9. The molecule has 0 fully saturated rings. The Labute approximate surface area is 161 Å². The molecule has 1 aliphatic carbocycles. The maximum atomic E-state index is 12.3. The van der Waals surface area contributed by atoms with E-state index in [9.17, 15) is 4.79 Å². The highest BCUT2D eigenvalue weighted by atomic mass is 32.2. The number of hydrogen-bond acceptors (Lipinski definition) is 7. The Morgan fingerprint density at radius 3 is 3.12 bits per heavy atom. The Morgan fingerprint density at radius 1 is 1.42 bits per heavy atom. The first-order valence-corrected chi connectivity index (χ1v) is 10.6. The fourth-order valence-electron chi connectivity index (χ4n) is 2.73. The van der Waals surface area contributed by atoms with E-state index in [1.165, 1.54) is 54.4 Å². The van der Waals surface area contributed by atoms with Gasteiger partial charge in [-0.25, -0.2) is 0 Å². The lowest BCUT2D eigenvalue weighted by Crippen LogP contribution is -2.31. The van der Waals surface area contributed by atoms with E-state index >= 15 is 0 Å². The monoisotopic (exact) mass is 392 g/mol. The molecule has 0 bridgehead atoms. The van der Waals surface area contributed by atoms with Crippen LogP contribution in [0.25, 0.3) is 0 Å². The molecule has 2 aromatic heterocycles. The SMILES string of the molecule is CC(Sc1nnc(NCc2ccco2)s1)C(=O)NCCC1=CCCCC1. The Morgan fingerprint density at radius 2 is 2.35 bits per heavy atom. The molecule has 2 aromatic rings. The predicted octanol–water partition coefficient (Wildman–Crippen LogP) is 4.23. The zero-order chi connectivity index (χ0) is 18.2. The summed E-state index contributed by atoms with van der Waals surface area (Å²) in [6.07, 6.45) is 9.86. The lowest BCUT2D eigenvalue weighted by atomic mass is 9.97. The second-order valence-corrected chi connectivity index (χ2v) is 8.78. The Balaban J connectivity index is 1.38. The van der Waals surface area contributed by atoms with Crippen molar-refractivity contribution < 1.29 is 9.21 Å². The third kappa shape index (κ3) is 5.88. The average molecular weight is 393 g/mol. The minimum Gasteiger partial charge on any atom is -0.467 e. The summed E-state index contributed by atoms with van der Waals surface area (Å²) in [6.45, 7) is 3.18. The number of carbonyl (C=O) groups excluding carboxylic acids is 1. The van der Waals surface area contributed by atoms with Crippen LogP contribution in [0.5, 0.6) is 0 Å². The number of aromatic nitrogens is 2. The Hall–Kier alpha value is -1.80. The van der Waals surface area contributed by atoms with Gasteiger partial charge in [0.05, 0.1) is 18.1 Å². The van der Waals surface area contributed by atoms with Crippen LogP contribution >= 0.6 is 23.1 Å². The van der Waals surface area contributed by atoms with Gasteiger partial charge in [0.15, 0.2) is 4.34 Å². The summed E-state index contributed by atoms with van der Waals surface area (Å²) < 4.78 is 6.05. The molecule has 1 aliphatic rings. The van der Waals surface area contributed by atoms with Crippen LogP contribution < -0.4 is 10.6 Å². The third-order valence-electron chi connectivity index (χ3n) is 4.18. The molecule has 8 heteroatoms. The summed E-state index contributed by atoms with van der Waals surface area (Å²) in [7, 11) is 0. The van der Waals surface area contributed by atoms with Crippen molar-refractivity contribution in [2.45, 2.75) is 55.2 Å². The first-order chi connectivity index (χ1) is 12.7. The fraction of sp³-hybridized carbons (Fsp3) is 0.500. The number of carbonyl (C=O) groups is 1. The largest absolute Gasteiger partial charge is 0.467 e. The van der Waals surface area contributed by atoms with Gasteiger partial charge in [0.2, 0.25) is 11.0 Å². The number of anilines is 1. The molecule has 3 rings (SSSR count). The molecule has 1 amide bonds. The van der Waals surface area contributed by atoms with Crippen molar-refractivity contribution in [1.29, 1.82) is 0 Å². The third-order valence-corrected chi connectivity index (χ3v) is 6.24. The Bertz CT molecular complexity index is 727. The lowest BCUT2D eigenvalue weighted by Gasteiger charge is -2.14. The van der Waals surface area contributed by atoms with Crippen molar-refractivity contribution in [2.75, 3.05) is 11.9 Å². The number of hydrogen-bond donors (Lipinski definition) is 2. The van der Waals surface area contributed by atoms with Crippen LogP contribution in [-0.2, 0) is 11.3 Å².